The summed E-state index contributed by atoms with van der Waals surface area (Å²) in [4.78, 5) is 51.4. The molecular weight excluding hydrogens is 624 g/mol. The van der Waals surface area contributed by atoms with E-state index >= 15 is 0 Å². The Labute approximate surface area is 300 Å². The molecule has 0 spiro atoms. The number of hydrogen-bond donors (Lipinski definition) is 0. The van der Waals surface area contributed by atoms with E-state index in [4.69, 9.17) is 9.47 Å². The Morgan fingerprint density at radius 1 is 0.760 bits per heavy atom. The summed E-state index contributed by atoms with van der Waals surface area (Å²) in [7, 11) is 0. The van der Waals surface area contributed by atoms with Crippen LogP contribution < -0.4 is 0 Å². The maximum Gasteiger partial charge on any atom is 0.306 e. The first kappa shape index (κ1) is 34.8. The molecule has 8 aliphatic carbocycles. The molecule has 50 heavy (non-hydrogen) atoms. The second kappa shape index (κ2) is 12.4. The zero-order valence-corrected chi connectivity index (χ0v) is 31.5. The smallest absolute Gasteiger partial charge is 0.306 e. The highest BCUT2D eigenvalue weighted by Gasteiger charge is 2.65. The van der Waals surface area contributed by atoms with Gasteiger partial charge in [0.05, 0.1) is 12.8 Å². The summed E-state index contributed by atoms with van der Waals surface area (Å²) in [6.45, 7) is 11.7. The predicted octanol–water partition coefficient (Wildman–Crippen LogP) is 9.29. The second-order valence-electron chi connectivity index (χ2n) is 19.2. The lowest BCUT2D eigenvalue weighted by Gasteiger charge is -2.59. The number of allylic oxidation sites excluding steroid dienone is 2. The molecule has 0 aliphatic heterocycles. The molecule has 0 aromatic heterocycles. The van der Waals surface area contributed by atoms with Crippen LogP contribution in [0.2, 0.25) is 0 Å². The maximum absolute atomic E-state index is 13.5. The van der Waals surface area contributed by atoms with Crippen LogP contribution in [0.25, 0.3) is 0 Å². The van der Waals surface area contributed by atoms with Gasteiger partial charge in [-0.3, -0.25) is 19.2 Å². The Morgan fingerprint density at radius 3 is 2.32 bits per heavy atom. The van der Waals surface area contributed by atoms with Gasteiger partial charge < -0.3 is 9.47 Å². The molecule has 8 aliphatic rings. The van der Waals surface area contributed by atoms with Crippen LogP contribution in [0.3, 0.4) is 0 Å². The molecule has 0 bridgehead atoms. The standard InChI is InChI=1S/C44H62O6/c1-6-44-22-16-32-31-10-8-29(45)24-27(31)7-9-33(32)34(44)18-21-43(44,5)50-39(48)14-13-38(47)49-37-12-11-35-40-26(2)23-28-25-30(46)15-19-41(28,3)36(40)17-20-42(35,37)4/h24-26,31-37,40H,6-23H2,1-5H3. The van der Waals surface area contributed by atoms with E-state index in [1.807, 2.05) is 12.2 Å². The van der Waals surface area contributed by atoms with Gasteiger partial charge in [0.1, 0.15) is 11.7 Å². The number of ketones is 2. The highest BCUT2D eigenvalue weighted by Crippen LogP contribution is 2.68. The van der Waals surface area contributed by atoms with Crippen molar-refractivity contribution < 1.29 is 28.7 Å². The zero-order valence-electron chi connectivity index (χ0n) is 31.5. The van der Waals surface area contributed by atoms with Crippen molar-refractivity contribution in [2.75, 3.05) is 0 Å². The lowest BCUT2D eigenvalue weighted by Crippen LogP contribution is -2.54. The quantitative estimate of drug-likeness (QED) is 0.259. The Hall–Kier alpha value is -2.24. The van der Waals surface area contributed by atoms with Gasteiger partial charge in [0.15, 0.2) is 11.6 Å². The number of rotatable bonds is 6. The Morgan fingerprint density at radius 2 is 1.52 bits per heavy atom. The van der Waals surface area contributed by atoms with Crippen LogP contribution in [-0.4, -0.2) is 35.2 Å². The maximum atomic E-state index is 13.5. The Balaban J connectivity index is 0.880. The number of ether oxygens (including phenoxy) is 2. The van der Waals surface area contributed by atoms with E-state index in [9.17, 15) is 19.2 Å². The van der Waals surface area contributed by atoms with Gasteiger partial charge in [0, 0.05) is 23.7 Å². The van der Waals surface area contributed by atoms with Crippen LogP contribution >= 0.6 is 0 Å². The monoisotopic (exact) mass is 686 g/mol. The van der Waals surface area contributed by atoms with Crippen LogP contribution in [0, 0.1) is 63.6 Å². The van der Waals surface area contributed by atoms with Gasteiger partial charge in [-0.15, -0.1) is 0 Å². The predicted molar refractivity (Wildman–Crippen MR) is 192 cm³/mol. The van der Waals surface area contributed by atoms with E-state index < -0.39 is 5.60 Å². The third-order valence-electron chi connectivity index (χ3n) is 17.5. The largest absolute Gasteiger partial charge is 0.462 e. The second-order valence-corrected chi connectivity index (χ2v) is 19.2. The van der Waals surface area contributed by atoms with Crippen molar-refractivity contribution in [3.63, 3.8) is 0 Å². The summed E-state index contributed by atoms with van der Waals surface area (Å²) in [5.41, 5.74) is 2.38. The third-order valence-corrected chi connectivity index (χ3v) is 17.5. The van der Waals surface area contributed by atoms with Gasteiger partial charge in [-0.25, -0.2) is 0 Å². The van der Waals surface area contributed by atoms with E-state index in [0.717, 1.165) is 89.9 Å². The summed E-state index contributed by atoms with van der Waals surface area (Å²) in [6.07, 6.45) is 20.0. The van der Waals surface area contributed by atoms with Gasteiger partial charge in [-0.05, 0) is 162 Å². The van der Waals surface area contributed by atoms with Crippen molar-refractivity contribution in [2.45, 2.75) is 162 Å². The van der Waals surface area contributed by atoms with Crippen molar-refractivity contribution in [3.8, 4) is 0 Å². The molecule has 0 saturated heterocycles. The fourth-order valence-corrected chi connectivity index (χ4v) is 15.0. The third kappa shape index (κ3) is 5.20. The van der Waals surface area contributed by atoms with Gasteiger partial charge >= 0.3 is 11.9 Å². The molecule has 6 nitrogen and oxygen atoms in total. The van der Waals surface area contributed by atoms with Crippen molar-refractivity contribution in [2.24, 2.45) is 63.6 Å². The van der Waals surface area contributed by atoms with Gasteiger partial charge in [-0.2, -0.15) is 0 Å². The molecule has 0 N–H and O–H groups in total. The van der Waals surface area contributed by atoms with E-state index in [1.165, 1.54) is 11.1 Å². The molecule has 6 fully saturated rings. The van der Waals surface area contributed by atoms with E-state index in [2.05, 4.69) is 34.6 Å². The van der Waals surface area contributed by atoms with Crippen LogP contribution in [0.4, 0.5) is 0 Å². The van der Waals surface area contributed by atoms with Gasteiger partial charge in [0.2, 0.25) is 0 Å². The topological polar surface area (TPSA) is 86.7 Å². The first-order valence-corrected chi connectivity index (χ1v) is 20.7. The number of esters is 2. The molecule has 0 aromatic rings. The molecule has 8 rings (SSSR count). The average molecular weight is 687 g/mol. The van der Waals surface area contributed by atoms with Crippen LogP contribution in [0.5, 0.6) is 0 Å². The van der Waals surface area contributed by atoms with Crippen molar-refractivity contribution in [1.82, 2.24) is 0 Å². The van der Waals surface area contributed by atoms with Crippen molar-refractivity contribution >= 4 is 23.5 Å². The number of carbonyl (C=O) groups excluding carboxylic acids is 4. The zero-order chi connectivity index (χ0) is 35.2. The normalized spacial score (nSPS) is 47.7. The molecule has 274 valence electrons. The summed E-state index contributed by atoms with van der Waals surface area (Å²) in [5.74, 6) is 4.77. The van der Waals surface area contributed by atoms with E-state index in [0.29, 0.717) is 71.8 Å². The Bertz CT molecular complexity index is 1510. The molecule has 0 amide bonds. The van der Waals surface area contributed by atoms with Crippen molar-refractivity contribution in [1.29, 1.82) is 0 Å². The summed E-state index contributed by atoms with van der Waals surface area (Å²) in [6, 6.07) is 0. The number of hydrogen-bond acceptors (Lipinski definition) is 6. The van der Waals surface area contributed by atoms with Crippen molar-refractivity contribution in [3.05, 3.63) is 23.3 Å². The molecule has 0 radical (unpaired) electrons. The first-order chi connectivity index (χ1) is 23.8. The first-order valence-electron chi connectivity index (χ1n) is 20.7. The lowest BCUT2D eigenvalue weighted by molar-refractivity contribution is -0.184. The van der Waals surface area contributed by atoms with Crippen LogP contribution in [0.1, 0.15) is 150 Å². The molecule has 0 aromatic carbocycles. The molecule has 13 unspecified atom stereocenters. The minimum Gasteiger partial charge on any atom is -0.462 e. The molecular formula is C44H62O6. The van der Waals surface area contributed by atoms with Crippen LogP contribution in [0.15, 0.2) is 23.3 Å². The van der Waals surface area contributed by atoms with Crippen LogP contribution in [-0.2, 0) is 28.7 Å². The molecule has 13 atom stereocenters. The fraction of sp³-hybridized carbons (Fsp3) is 0.818. The van der Waals surface area contributed by atoms with E-state index in [-0.39, 0.29) is 47.1 Å². The summed E-state index contributed by atoms with van der Waals surface area (Å²) >= 11 is 0. The summed E-state index contributed by atoms with van der Waals surface area (Å²) in [5, 5.41) is 0. The highest BCUT2D eigenvalue weighted by atomic mass is 16.6. The highest BCUT2D eigenvalue weighted by molar-refractivity contribution is 5.92. The average Bonchev–Trinajstić information content (AvgIpc) is 3.57. The SMILES string of the molecule is CCC12CCC3C4CCC(=O)C=C4CCC3C1CCC2(C)OC(=O)CCC(=O)OC1CCC2C3C(C)CC4=CC(=O)CCC4(C)C3CCC12C. The number of carbonyl (C=O) groups is 4. The minimum atomic E-state index is -0.504. The summed E-state index contributed by atoms with van der Waals surface area (Å²) < 4.78 is 12.8. The fourth-order valence-electron chi connectivity index (χ4n) is 15.0. The molecule has 6 saturated carbocycles. The minimum absolute atomic E-state index is 0.0145. The van der Waals surface area contributed by atoms with Gasteiger partial charge in [0.25, 0.3) is 0 Å². The number of fused-ring (bicyclic) bond motifs is 10. The molecule has 0 heterocycles. The van der Waals surface area contributed by atoms with Gasteiger partial charge in [-0.1, -0.05) is 38.8 Å². The Kier molecular flexibility index (Phi) is 8.66. The lowest BCUT2D eigenvalue weighted by atomic mass is 9.45. The van der Waals surface area contributed by atoms with E-state index in [1.54, 1.807) is 0 Å². The molecule has 6 heteroatoms.